The Hall–Kier alpha value is -1.20. The zero-order valence-electron chi connectivity index (χ0n) is 10.0. The second-order valence-electron chi connectivity index (χ2n) is 4.37. The number of rotatable bonds is 4. The van der Waals surface area contributed by atoms with Crippen molar-refractivity contribution in [1.82, 2.24) is 0 Å². The number of nitrogens with two attached hydrogens (primary N) is 1. The van der Waals surface area contributed by atoms with Crippen molar-refractivity contribution in [2.45, 2.75) is 12.8 Å². The molecule has 1 fully saturated rings. The highest BCUT2D eigenvalue weighted by molar-refractivity contribution is 7.80. The lowest BCUT2D eigenvalue weighted by Gasteiger charge is -2.22. The molecule has 98 valence electrons. The molecular formula is C13H16FNO2S. The lowest BCUT2D eigenvalue weighted by Crippen LogP contribution is -2.22. The summed E-state index contributed by atoms with van der Waals surface area (Å²) in [4.78, 5) is 0.150. The van der Waals surface area contributed by atoms with Crippen LogP contribution in [-0.4, -0.2) is 24.8 Å². The summed E-state index contributed by atoms with van der Waals surface area (Å²) in [5.74, 6) is 0.662. The quantitative estimate of drug-likeness (QED) is 0.852. The third-order valence-electron chi connectivity index (χ3n) is 3.02. The topological polar surface area (TPSA) is 44.5 Å². The minimum absolute atomic E-state index is 0.150. The summed E-state index contributed by atoms with van der Waals surface area (Å²) in [7, 11) is 0. The van der Waals surface area contributed by atoms with E-state index >= 15 is 0 Å². The van der Waals surface area contributed by atoms with Gasteiger partial charge in [0.2, 0.25) is 0 Å². The maximum absolute atomic E-state index is 13.1. The summed E-state index contributed by atoms with van der Waals surface area (Å²) in [5.41, 5.74) is 6.01. The Bertz CT molecular complexity index is 433. The van der Waals surface area contributed by atoms with E-state index in [1.54, 1.807) is 6.07 Å². The van der Waals surface area contributed by atoms with Crippen LogP contribution < -0.4 is 10.5 Å². The molecule has 1 aliphatic heterocycles. The van der Waals surface area contributed by atoms with Gasteiger partial charge in [-0.25, -0.2) is 4.39 Å². The lowest BCUT2D eigenvalue weighted by molar-refractivity contribution is 0.0497. The van der Waals surface area contributed by atoms with E-state index in [2.05, 4.69) is 0 Å². The SMILES string of the molecule is NC(=S)c1cc(F)ccc1OCC1CCOCC1. The van der Waals surface area contributed by atoms with Gasteiger partial charge in [0.25, 0.3) is 0 Å². The fourth-order valence-corrected chi connectivity index (χ4v) is 2.10. The number of hydrogen-bond donors (Lipinski definition) is 1. The van der Waals surface area contributed by atoms with Gasteiger partial charge in [-0.15, -0.1) is 0 Å². The molecule has 1 saturated heterocycles. The Morgan fingerprint density at radius 2 is 2.17 bits per heavy atom. The van der Waals surface area contributed by atoms with Crippen LogP contribution in [-0.2, 0) is 4.74 Å². The molecule has 1 heterocycles. The number of halogens is 1. The molecule has 5 heteroatoms. The van der Waals surface area contributed by atoms with E-state index in [0.717, 1.165) is 26.1 Å². The van der Waals surface area contributed by atoms with Gasteiger partial charge in [0.05, 0.1) is 12.2 Å². The molecule has 0 atom stereocenters. The summed E-state index contributed by atoms with van der Waals surface area (Å²) in [6.45, 7) is 2.14. The highest BCUT2D eigenvalue weighted by Crippen LogP contribution is 2.22. The van der Waals surface area contributed by atoms with Gasteiger partial charge in [-0.05, 0) is 37.0 Å². The van der Waals surface area contributed by atoms with E-state index < -0.39 is 0 Å². The fourth-order valence-electron chi connectivity index (χ4n) is 1.94. The normalized spacial score (nSPS) is 16.5. The molecule has 0 amide bonds. The first-order valence-corrected chi connectivity index (χ1v) is 6.37. The van der Waals surface area contributed by atoms with E-state index in [9.17, 15) is 4.39 Å². The molecule has 0 saturated carbocycles. The molecule has 0 radical (unpaired) electrons. The maximum atomic E-state index is 13.1. The fraction of sp³-hybridized carbons (Fsp3) is 0.462. The minimum atomic E-state index is -0.365. The van der Waals surface area contributed by atoms with Crippen LogP contribution in [0.1, 0.15) is 18.4 Å². The Balaban J connectivity index is 2.01. The Kier molecular flexibility index (Phi) is 4.49. The standard InChI is InChI=1S/C13H16FNO2S/c14-10-1-2-12(11(7-10)13(15)18)17-8-9-3-5-16-6-4-9/h1-2,7,9H,3-6,8H2,(H2,15,18). The maximum Gasteiger partial charge on any atom is 0.129 e. The third-order valence-corrected chi connectivity index (χ3v) is 3.24. The third kappa shape index (κ3) is 3.40. The molecule has 18 heavy (non-hydrogen) atoms. The molecule has 0 aliphatic carbocycles. The highest BCUT2D eigenvalue weighted by Gasteiger charge is 2.16. The van der Waals surface area contributed by atoms with Crippen LogP contribution in [0.5, 0.6) is 5.75 Å². The van der Waals surface area contributed by atoms with Crippen LogP contribution in [0.4, 0.5) is 4.39 Å². The number of benzene rings is 1. The van der Waals surface area contributed by atoms with E-state index in [-0.39, 0.29) is 10.8 Å². The van der Waals surface area contributed by atoms with Crippen molar-refractivity contribution in [1.29, 1.82) is 0 Å². The second kappa shape index (κ2) is 6.11. The average Bonchev–Trinajstić information content (AvgIpc) is 2.38. The van der Waals surface area contributed by atoms with Crippen LogP contribution in [0.25, 0.3) is 0 Å². The van der Waals surface area contributed by atoms with Gasteiger partial charge < -0.3 is 15.2 Å². The van der Waals surface area contributed by atoms with Gasteiger partial charge in [0, 0.05) is 13.2 Å². The van der Waals surface area contributed by atoms with Crippen molar-refractivity contribution in [3.05, 3.63) is 29.6 Å². The molecule has 0 bridgehead atoms. The summed E-state index contributed by atoms with van der Waals surface area (Å²) < 4.78 is 24.1. The number of thiocarbonyl (C=S) groups is 1. The lowest BCUT2D eigenvalue weighted by atomic mass is 10.0. The largest absolute Gasteiger partial charge is 0.493 e. The van der Waals surface area contributed by atoms with E-state index in [0.29, 0.717) is 23.8 Å². The summed E-state index contributed by atoms with van der Waals surface area (Å²) in [5, 5.41) is 0. The average molecular weight is 269 g/mol. The van der Waals surface area contributed by atoms with Crippen molar-refractivity contribution in [3.8, 4) is 5.75 Å². The Labute approximate surface area is 111 Å². The van der Waals surface area contributed by atoms with Gasteiger partial charge in [-0.2, -0.15) is 0 Å². The van der Waals surface area contributed by atoms with Crippen molar-refractivity contribution in [2.24, 2.45) is 11.7 Å². The van der Waals surface area contributed by atoms with Crippen LogP contribution in [0.2, 0.25) is 0 Å². The van der Waals surface area contributed by atoms with E-state index in [1.807, 2.05) is 0 Å². The summed E-state index contributed by atoms with van der Waals surface area (Å²) in [6.07, 6.45) is 1.98. The van der Waals surface area contributed by atoms with Gasteiger partial charge in [-0.1, -0.05) is 12.2 Å². The molecule has 2 N–H and O–H groups in total. The molecule has 1 aromatic rings. The first-order valence-electron chi connectivity index (χ1n) is 5.96. The van der Waals surface area contributed by atoms with Crippen molar-refractivity contribution < 1.29 is 13.9 Å². The predicted octanol–water partition coefficient (Wildman–Crippen LogP) is 2.27. The van der Waals surface area contributed by atoms with Gasteiger partial charge in [0.1, 0.15) is 16.6 Å². The molecule has 1 aromatic carbocycles. The van der Waals surface area contributed by atoms with Crippen LogP contribution in [0, 0.1) is 11.7 Å². The summed E-state index contributed by atoms with van der Waals surface area (Å²) in [6, 6.07) is 4.23. The zero-order valence-corrected chi connectivity index (χ0v) is 10.8. The molecule has 3 nitrogen and oxygen atoms in total. The van der Waals surface area contributed by atoms with Crippen LogP contribution >= 0.6 is 12.2 Å². The number of ether oxygens (including phenoxy) is 2. The highest BCUT2D eigenvalue weighted by atomic mass is 32.1. The molecular weight excluding hydrogens is 253 g/mol. The number of hydrogen-bond acceptors (Lipinski definition) is 3. The molecule has 2 rings (SSSR count). The zero-order chi connectivity index (χ0) is 13.0. The Morgan fingerprint density at radius 3 is 2.83 bits per heavy atom. The minimum Gasteiger partial charge on any atom is -0.493 e. The van der Waals surface area contributed by atoms with Gasteiger partial charge in [0.15, 0.2) is 0 Å². The van der Waals surface area contributed by atoms with Gasteiger partial charge >= 0.3 is 0 Å². The van der Waals surface area contributed by atoms with E-state index in [1.165, 1.54) is 12.1 Å². The van der Waals surface area contributed by atoms with Crippen molar-refractivity contribution in [2.75, 3.05) is 19.8 Å². The molecule has 0 unspecified atom stereocenters. The van der Waals surface area contributed by atoms with Gasteiger partial charge in [-0.3, -0.25) is 0 Å². The smallest absolute Gasteiger partial charge is 0.129 e. The van der Waals surface area contributed by atoms with Crippen molar-refractivity contribution in [3.63, 3.8) is 0 Å². The molecule has 1 aliphatic rings. The first kappa shape index (κ1) is 13.2. The van der Waals surface area contributed by atoms with Crippen LogP contribution in [0.3, 0.4) is 0 Å². The monoisotopic (exact) mass is 269 g/mol. The molecule has 0 spiro atoms. The summed E-state index contributed by atoms with van der Waals surface area (Å²) >= 11 is 4.89. The van der Waals surface area contributed by atoms with E-state index in [4.69, 9.17) is 27.4 Å². The predicted molar refractivity (Wildman–Crippen MR) is 71.3 cm³/mol. The van der Waals surface area contributed by atoms with Crippen LogP contribution in [0.15, 0.2) is 18.2 Å². The molecule has 0 aromatic heterocycles. The Morgan fingerprint density at radius 1 is 1.44 bits per heavy atom. The first-order chi connectivity index (χ1) is 8.66. The van der Waals surface area contributed by atoms with Crippen molar-refractivity contribution >= 4 is 17.2 Å². The second-order valence-corrected chi connectivity index (χ2v) is 4.81.